The van der Waals surface area contributed by atoms with E-state index in [1.54, 1.807) is 35.9 Å². The van der Waals surface area contributed by atoms with Crippen molar-refractivity contribution in [2.45, 2.75) is 6.92 Å². The highest BCUT2D eigenvalue weighted by atomic mass is 32.1. The monoisotopic (exact) mass is 334 g/mol. The Bertz CT molecular complexity index is 997. The van der Waals surface area contributed by atoms with Gasteiger partial charge in [0.05, 0.1) is 5.39 Å². The molecule has 24 heavy (non-hydrogen) atoms. The maximum absolute atomic E-state index is 9.43. The first kappa shape index (κ1) is 14.6. The molecule has 6 heteroatoms. The molecule has 0 bridgehead atoms. The molecule has 0 atom stereocenters. The zero-order valence-electron chi connectivity index (χ0n) is 12.9. The molecule has 0 aliphatic heterocycles. The zero-order chi connectivity index (χ0) is 16.5. The minimum Gasteiger partial charge on any atom is -0.508 e. The topological polar surface area (TPSA) is 70.9 Å². The molecule has 0 fully saturated rings. The van der Waals surface area contributed by atoms with Crippen LogP contribution < -0.4 is 5.32 Å². The minimum atomic E-state index is 0.232. The molecule has 4 rings (SSSR count). The van der Waals surface area contributed by atoms with Crippen molar-refractivity contribution in [3.05, 3.63) is 59.7 Å². The molecule has 0 saturated heterocycles. The fraction of sp³-hybridized carbons (Fsp3) is 0.0556. The van der Waals surface area contributed by atoms with Crippen LogP contribution in [0.4, 0.5) is 11.5 Å². The fourth-order valence-electron chi connectivity index (χ4n) is 2.44. The van der Waals surface area contributed by atoms with E-state index in [1.165, 1.54) is 4.88 Å². The zero-order valence-corrected chi connectivity index (χ0v) is 13.7. The molecule has 0 spiro atoms. The van der Waals surface area contributed by atoms with Crippen LogP contribution in [-0.2, 0) is 0 Å². The van der Waals surface area contributed by atoms with E-state index in [0.29, 0.717) is 5.82 Å². The van der Waals surface area contributed by atoms with Gasteiger partial charge in [-0.05, 0) is 49.4 Å². The molecule has 1 aromatic carbocycles. The van der Waals surface area contributed by atoms with Crippen molar-refractivity contribution < 1.29 is 5.11 Å². The predicted molar refractivity (Wildman–Crippen MR) is 96.8 cm³/mol. The standard InChI is InChI=1S/C18H14N4OS/c1-11-9-15-17(20-13-4-6-14(23)7-5-13)21-16(22-18(15)24-11)12-3-2-8-19-10-12/h2-10,23H,1H3,(H,20,21,22). The summed E-state index contributed by atoms with van der Waals surface area (Å²) >= 11 is 1.64. The Kier molecular flexibility index (Phi) is 3.59. The Hall–Kier alpha value is -2.99. The van der Waals surface area contributed by atoms with Crippen LogP contribution in [0.2, 0.25) is 0 Å². The number of aryl methyl sites for hydroxylation is 1. The number of fused-ring (bicyclic) bond motifs is 1. The Morgan fingerprint density at radius 3 is 2.67 bits per heavy atom. The summed E-state index contributed by atoms with van der Waals surface area (Å²) in [6, 6.07) is 12.8. The van der Waals surface area contributed by atoms with E-state index in [2.05, 4.69) is 33.3 Å². The maximum atomic E-state index is 9.43. The van der Waals surface area contributed by atoms with Gasteiger partial charge in [-0.1, -0.05) is 0 Å². The normalized spacial score (nSPS) is 10.9. The van der Waals surface area contributed by atoms with Gasteiger partial charge in [0.2, 0.25) is 0 Å². The minimum absolute atomic E-state index is 0.232. The van der Waals surface area contributed by atoms with Crippen molar-refractivity contribution in [3.8, 4) is 17.1 Å². The van der Waals surface area contributed by atoms with E-state index in [1.807, 2.05) is 24.3 Å². The van der Waals surface area contributed by atoms with Crippen molar-refractivity contribution in [1.29, 1.82) is 0 Å². The summed E-state index contributed by atoms with van der Waals surface area (Å²) in [4.78, 5) is 15.6. The lowest BCUT2D eigenvalue weighted by Crippen LogP contribution is -1.98. The highest BCUT2D eigenvalue weighted by Gasteiger charge is 2.12. The van der Waals surface area contributed by atoms with E-state index >= 15 is 0 Å². The number of rotatable bonds is 3. The third-order valence-electron chi connectivity index (χ3n) is 3.57. The smallest absolute Gasteiger partial charge is 0.164 e. The number of nitrogens with one attached hydrogen (secondary N) is 1. The first-order valence-corrected chi connectivity index (χ1v) is 8.25. The number of benzene rings is 1. The van der Waals surface area contributed by atoms with Gasteiger partial charge >= 0.3 is 0 Å². The van der Waals surface area contributed by atoms with Gasteiger partial charge in [-0.2, -0.15) is 0 Å². The summed E-state index contributed by atoms with van der Waals surface area (Å²) in [6.45, 7) is 2.06. The fourth-order valence-corrected chi connectivity index (χ4v) is 3.32. The van der Waals surface area contributed by atoms with Crippen LogP contribution in [-0.4, -0.2) is 20.1 Å². The Morgan fingerprint density at radius 2 is 1.92 bits per heavy atom. The molecule has 0 amide bonds. The summed E-state index contributed by atoms with van der Waals surface area (Å²) in [5.41, 5.74) is 1.73. The van der Waals surface area contributed by atoms with Crippen LogP contribution in [0.3, 0.4) is 0 Å². The lowest BCUT2D eigenvalue weighted by Gasteiger charge is -2.09. The van der Waals surface area contributed by atoms with Gasteiger partial charge < -0.3 is 10.4 Å². The maximum Gasteiger partial charge on any atom is 0.164 e. The average Bonchev–Trinajstić information content (AvgIpc) is 2.98. The van der Waals surface area contributed by atoms with Gasteiger partial charge in [0.1, 0.15) is 16.4 Å². The van der Waals surface area contributed by atoms with Crippen molar-refractivity contribution >= 4 is 33.1 Å². The Balaban J connectivity index is 1.84. The van der Waals surface area contributed by atoms with Gasteiger partial charge in [-0.25, -0.2) is 9.97 Å². The number of hydrogen-bond acceptors (Lipinski definition) is 6. The summed E-state index contributed by atoms with van der Waals surface area (Å²) < 4.78 is 0. The largest absolute Gasteiger partial charge is 0.508 e. The van der Waals surface area contributed by atoms with Crippen LogP contribution in [0.15, 0.2) is 54.9 Å². The predicted octanol–water partition coefficient (Wildman–Crippen LogP) is 4.51. The molecule has 5 nitrogen and oxygen atoms in total. The number of phenols is 1. The van der Waals surface area contributed by atoms with E-state index in [9.17, 15) is 5.11 Å². The molecule has 0 aliphatic rings. The number of thiophene rings is 1. The first-order chi connectivity index (χ1) is 11.7. The second-order valence-corrected chi connectivity index (χ2v) is 6.62. The number of phenolic OH excluding ortho intramolecular Hbond substituents is 1. The molecule has 3 heterocycles. The molecule has 0 saturated carbocycles. The number of hydrogen-bond donors (Lipinski definition) is 2. The van der Waals surface area contributed by atoms with Gasteiger partial charge in [-0.15, -0.1) is 11.3 Å². The third-order valence-corrected chi connectivity index (χ3v) is 4.51. The molecule has 0 unspecified atom stereocenters. The number of nitrogens with zero attached hydrogens (tertiary/aromatic N) is 3. The molecule has 2 N–H and O–H groups in total. The summed E-state index contributed by atoms with van der Waals surface area (Å²) in [5, 5.41) is 13.7. The Morgan fingerprint density at radius 1 is 1.08 bits per heavy atom. The molecular formula is C18H14N4OS. The van der Waals surface area contributed by atoms with Crippen LogP contribution in [0.25, 0.3) is 21.6 Å². The summed E-state index contributed by atoms with van der Waals surface area (Å²) in [6.07, 6.45) is 3.49. The molecule has 3 aromatic heterocycles. The van der Waals surface area contributed by atoms with E-state index in [0.717, 1.165) is 27.3 Å². The summed E-state index contributed by atoms with van der Waals surface area (Å²) in [5.74, 6) is 1.61. The van der Waals surface area contributed by atoms with Crippen molar-refractivity contribution in [3.63, 3.8) is 0 Å². The highest BCUT2D eigenvalue weighted by Crippen LogP contribution is 2.32. The number of pyridine rings is 1. The second kappa shape index (κ2) is 5.90. The SMILES string of the molecule is Cc1cc2c(Nc3ccc(O)cc3)nc(-c3cccnc3)nc2s1. The lowest BCUT2D eigenvalue weighted by atomic mass is 10.2. The molecular weight excluding hydrogens is 320 g/mol. The average molecular weight is 334 g/mol. The number of anilines is 2. The lowest BCUT2D eigenvalue weighted by molar-refractivity contribution is 0.475. The van der Waals surface area contributed by atoms with Gasteiger partial charge in [-0.3, -0.25) is 4.98 Å². The first-order valence-electron chi connectivity index (χ1n) is 7.44. The van der Waals surface area contributed by atoms with Crippen LogP contribution >= 0.6 is 11.3 Å². The van der Waals surface area contributed by atoms with Crippen molar-refractivity contribution in [1.82, 2.24) is 15.0 Å². The number of aromatic nitrogens is 3. The summed E-state index contributed by atoms with van der Waals surface area (Å²) in [7, 11) is 0. The van der Waals surface area contributed by atoms with Crippen LogP contribution in [0.5, 0.6) is 5.75 Å². The molecule has 4 aromatic rings. The molecule has 0 aliphatic carbocycles. The molecule has 0 radical (unpaired) electrons. The van der Waals surface area contributed by atoms with E-state index in [4.69, 9.17) is 0 Å². The second-order valence-electron chi connectivity index (χ2n) is 5.39. The van der Waals surface area contributed by atoms with Crippen LogP contribution in [0, 0.1) is 6.92 Å². The third kappa shape index (κ3) is 2.79. The number of aromatic hydroxyl groups is 1. The Labute approximate surface area is 142 Å². The van der Waals surface area contributed by atoms with Gasteiger partial charge in [0, 0.05) is 28.5 Å². The van der Waals surface area contributed by atoms with Crippen LogP contribution in [0.1, 0.15) is 4.88 Å². The van der Waals surface area contributed by atoms with Crippen molar-refractivity contribution in [2.75, 3.05) is 5.32 Å². The molecule has 118 valence electrons. The quantitative estimate of drug-likeness (QED) is 0.539. The van der Waals surface area contributed by atoms with Gasteiger partial charge in [0.25, 0.3) is 0 Å². The van der Waals surface area contributed by atoms with Crippen molar-refractivity contribution in [2.24, 2.45) is 0 Å². The highest BCUT2D eigenvalue weighted by molar-refractivity contribution is 7.18. The van der Waals surface area contributed by atoms with Gasteiger partial charge in [0.15, 0.2) is 5.82 Å². The van der Waals surface area contributed by atoms with E-state index in [-0.39, 0.29) is 5.75 Å². The van der Waals surface area contributed by atoms with E-state index < -0.39 is 0 Å².